The van der Waals surface area contributed by atoms with Gasteiger partial charge in [0, 0.05) is 7.05 Å². The van der Waals surface area contributed by atoms with Crippen molar-refractivity contribution in [2.45, 2.75) is 12.6 Å². The Morgan fingerprint density at radius 3 is 2.65 bits per heavy atom. The molecular formula is C13H14F3N3O. The summed E-state index contributed by atoms with van der Waals surface area (Å²) in [6.07, 6.45) is -1.25. The Bertz CT molecular complexity index is 593. The molecule has 0 bridgehead atoms. The van der Waals surface area contributed by atoms with Crippen LogP contribution in [0, 0.1) is 0 Å². The van der Waals surface area contributed by atoms with Gasteiger partial charge in [-0.1, -0.05) is 6.07 Å². The molecule has 0 aliphatic carbocycles. The predicted molar refractivity (Wildman–Crippen MR) is 67.5 cm³/mol. The molecule has 108 valence electrons. The smallest absolute Gasteiger partial charge is 0.419 e. The van der Waals surface area contributed by atoms with E-state index in [0.717, 1.165) is 6.07 Å². The molecule has 0 spiro atoms. The van der Waals surface area contributed by atoms with Gasteiger partial charge in [0.25, 0.3) is 0 Å². The van der Waals surface area contributed by atoms with E-state index >= 15 is 0 Å². The number of alkyl halides is 3. The minimum absolute atomic E-state index is 0.244. The Labute approximate surface area is 114 Å². The molecule has 1 heterocycles. The fraction of sp³-hybridized carbons (Fsp3) is 0.308. The average Bonchev–Trinajstić information content (AvgIpc) is 2.76. The molecule has 2 rings (SSSR count). The van der Waals surface area contributed by atoms with Gasteiger partial charge in [-0.3, -0.25) is 4.68 Å². The lowest BCUT2D eigenvalue weighted by Gasteiger charge is -2.14. The van der Waals surface area contributed by atoms with Crippen LogP contribution in [0.1, 0.15) is 11.1 Å². The Morgan fingerprint density at radius 2 is 2.10 bits per heavy atom. The van der Waals surface area contributed by atoms with Crippen molar-refractivity contribution in [1.82, 2.24) is 9.78 Å². The molecule has 0 saturated heterocycles. The third-order valence-corrected chi connectivity index (χ3v) is 2.69. The van der Waals surface area contributed by atoms with E-state index in [4.69, 9.17) is 10.5 Å². The molecule has 20 heavy (non-hydrogen) atoms. The summed E-state index contributed by atoms with van der Waals surface area (Å²) < 4.78 is 45.8. The minimum Gasteiger partial charge on any atom is -0.453 e. The number of aromatic nitrogens is 2. The van der Waals surface area contributed by atoms with Crippen LogP contribution >= 0.6 is 0 Å². The second kappa shape index (κ2) is 5.54. The second-order valence-electron chi connectivity index (χ2n) is 4.32. The van der Waals surface area contributed by atoms with Crippen LogP contribution in [0.25, 0.3) is 0 Å². The van der Waals surface area contributed by atoms with Crippen LogP contribution in [0.3, 0.4) is 0 Å². The number of aryl methyl sites for hydroxylation is 1. The first kappa shape index (κ1) is 14.4. The van der Waals surface area contributed by atoms with Crippen molar-refractivity contribution in [2.24, 2.45) is 12.8 Å². The fourth-order valence-electron chi connectivity index (χ4n) is 1.79. The van der Waals surface area contributed by atoms with Crippen molar-refractivity contribution in [3.8, 4) is 11.5 Å². The van der Waals surface area contributed by atoms with E-state index in [1.165, 1.54) is 23.1 Å². The van der Waals surface area contributed by atoms with Gasteiger partial charge in [-0.2, -0.15) is 18.3 Å². The van der Waals surface area contributed by atoms with Crippen molar-refractivity contribution >= 4 is 0 Å². The molecule has 7 heteroatoms. The van der Waals surface area contributed by atoms with Crippen molar-refractivity contribution in [1.29, 1.82) is 0 Å². The first-order valence-electron chi connectivity index (χ1n) is 5.97. The highest BCUT2D eigenvalue weighted by Gasteiger charge is 2.34. The Balaban J connectivity index is 2.36. The summed E-state index contributed by atoms with van der Waals surface area (Å²) in [5.41, 5.74) is 5.07. The van der Waals surface area contributed by atoms with E-state index in [2.05, 4.69) is 5.10 Å². The van der Waals surface area contributed by atoms with Gasteiger partial charge in [0.1, 0.15) is 5.75 Å². The number of rotatable bonds is 4. The number of hydrogen-bond donors (Lipinski definition) is 1. The number of ether oxygens (including phenoxy) is 1. The lowest BCUT2D eigenvalue weighted by Crippen LogP contribution is -2.09. The van der Waals surface area contributed by atoms with Crippen molar-refractivity contribution in [3.63, 3.8) is 0 Å². The highest BCUT2D eigenvalue weighted by molar-refractivity contribution is 5.41. The van der Waals surface area contributed by atoms with Crippen LogP contribution in [0.2, 0.25) is 0 Å². The molecule has 0 saturated carbocycles. The molecule has 1 aromatic heterocycles. The molecule has 0 unspecified atom stereocenters. The van der Waals surface area contributed by atoms with Gasteiger partial charge < -0.3 is 10.5 Å². The maximum Gasteiger partial charge on any atom is 0.419 e. The molecule has 0 amide bonds. The standard InChI is InChI=1S/C13H14F3N3O/c1-19-8-10(7-18-19)20-12-3-2-9(4-5-17)6-11(12)13(14,15)16/h2-3,6-8H,4-5,17H2,1H3. The third-order valence-electron chi connectivity index (χ3n) is 2.69. The number of benzene rings is 1. The van der Waals surface area contributed by atoms with E-state index in [0.29, 0.717) is 18.5 Å². The molecule has 0 fully saturated rings. The minimum atomic E-state index is -4.48. The van der Waals surface area contributed by atoms with E-state index < -0.39 is 11.7 Å². The lowest BCUT2D eigenvalue weighted by molar-refractivity contribution is -0.138. The Kier molecular flexibility index (Phi) is 3.99. The zero-order valence-corrected chi connectivity index (χ0v) is 10.8. The number of nitrogens with zero attached hydrogens (tertiary/aromatic N) is 2. The molecule has 2 aromatic rings. The average molecular weight is 285 g/mol. The summed E-state index contributed by atoms with van der Waals surface area (Å²) in [6.45, 7) is 0.292. The molecule has 2 N–H and O–H groups in total. The van der Waals surface area contributed by atoms with Gasteiger partial charge in [0.15, 0.2) is 5.75 Å². The van der Waals surface area contributed by atoms with Gasteiger partial charge in [-0.05, 0) is 30.7 Å². The summed E-state index contributed by atoms with van der Waals surface area (Å²) in [7, 11) is 1.65. The zero-order valence-electron chi connectivity index (χ0n) is 10.8. The quantitative estimate of drug-likeness (QED) is 0.939. The SMILES string of the molecule is Cn1cc(Oc2ccc(CCN)cc2C(F)(F)F)cn1. The van der Waals surface area contributed by atoms with E-state index in [-0.39, 0.29) is 11.5 Å². The zero-order chi connectivity index (χ0) is 14.8. The van der Waals surface area contributed by atoms with Gasteiger partial charge in [0.05, 0.1) is 18.0 Å². The first-order valence-corrected chi connectivity index (χ1v) is 5.97. The molecule has 0 radical (unpaired) electrons. The van der Waals surface area contributed by atoms with Gasteiger partial charge in [-0.15, -0.1) is 0 Å². The van der Waals surface area contributed by atoms with Gasteiger partial charge in [-0.25, -0.2) is 0 Å². The molecule has 1 aromatic carbocycles. The van der Waals surface area contributed by atoms with Crippen LogP contribution in [0.15, 0.2) is 30.6 Å². The van der Waals surface area contributed by atoms with Crippen molar-refractivity contribution in [3.05, 3.63) is 41.7 Å². The summed E-state index contributed by atoms with van der Waals surface area (Å²) in [5, 5.41) is 3.85. The number of nitrogens with two attached hydrogens (primary N) is 1. The summed E-state index contributed by atoms with van der Waals surface area (Å²) >= 11 is 0. The fourth-order valence-corrected chi connectivity index (χ4v) is 1.79. The third kappa shape index (κ3) is 3.30. The monoisotopic (exact) mass is 285 g/mol. The highest BCUT2D eigenvalue weighted by Crippen LogP contribution is 2.38. The summed E-state index contributed by atoms with van der Waals surface area (Å²) in [4.78, 5) is 0. The number of halogens is 3. The van der Waals surface area contributed by atoms with Crippen LogP contribution in [0.4, 0.5) is 13.2 Å². The van der Waals surface area contributed by atoms with Crippen LogP contribution < -0.4 is 10.5 Å². The summed E-state index contributed by atoms with van der Waals surface area (Å²) in [6, 6.07) is 3.95. The molecule has 0 aliphatic rings. The topological polar surface area (TPSA) is 53.1 Å². The van der Waals surface area contributed by atoms with E-state index in [1.807, 2.05) is 0 Å². The highest BCUT2D eigenvalue weighted by atomic mass is 19.4. The Hall–Kier alpha value is -2.02. The van der Waals surface area contributed by atoms with E-state index in [9.17, 15) is 13.2 Å². The van der Waals surface area contributed by atoms with Crippen LogP contribution in [0.5, 0.6) is 11.5 Å². The molecule has 0 atom stereocenters. The second-order valence-corrected chi connectivity index (χ2v) is 4.32. The summed E-state index contributed by atoms with van der Waals surface area (Å²) in [5.74, 6) is 0.0100. The largest absolute Gasteiger partial charge is 0.453 e. The lowest BCUT2D eigenvalue weighted by atomic mass is 10.1. The Morgan fingerprint density at radius 1 is 1.35 bits per heavy atom. The van der Waals surface area contributed by atoms with Gasteiger partial charge in [0.2, 0.25) is 0 Å². The molecule has 0 aliphatic heterocycles. The normalized spacial score (nSPS) is 11.7. The molecule has 4 nitrogen and oxygen atoms in total. The van der Waals surface area contributed by atoms with Crippen LogP contribution in [-0.4, -0.2) is 16.3 Å². The van der Waals surface area contributed by atoms with E-state index in [1.54, 1.807) is 13.1 Å². The molecular weight excluding hydrogens is 271 g/mol. The van der Waals surface area contributed by atoms with Gasteiger partial charge >= 0.3 is 6.18 Å². The maximum atomic E-state index is 13.0. The maximum absolute atomic E-state index is 13.0. The first-order chi connectivity index (χ1) is 9.40. The van der Waals surface area contributed by atoms with Crippen molar-refractivity contribution in [2.75, 3.05) is 6.54 Å². The van der Waals surface area contributed by atoms with Crippen molar-refractivity contribution < 1.29 is 17.9 Å². The van der Waals surface area contributed by atoms with Crippen LogP contribution in [-0.2, 0) is 19.6 Å². The predicted octanol–water partition coefficient (Wildman–Crippen LogP) is 2.73. The number of hydrogen-bond acceptors (Lipinski definition) is 3.